The Bertz CT molecular complexity index is 680. The van der Waals surface area contributed by atoms with Crippen LogP contribution < -0.4 is 5.32 Å². The van der Waals surface area contributed by atoms with Crippen molar-refractivity contribution >= 4 is 0 Å². The molecule has 0 aromatic heterocycles. The number of nitrogens with one attached hydrogen (secondary N) is 1. The quantitative estimate of drug-likeness (QED) is 0.706. The molecule has 0 amide bonds. The topological polar surface area (TPSA) is 21.9 Å². The van der Waals surface area contributed by atoms with Crippen LogP contribution in [-0.4, -0.2) is 0 Å². The van der Waals surface area contributed by atoms with Crippen LogP contribution in [0.1, 0.15) is 22.7 Å². The summed E-state index contributed by atoms with van der Waals surface area (Å²) in [5.41, 5.74) is 3.89. The van der Waals surface area contributed by atoms with Crippen LogP contribution in [0.2, 0.25) is 0 Å². The van der Waals surface area contributed by atoms with Gasteiger partial charge in [0.15, 0.2) is 0 Å². The fourth-order valence-corrected chi connectivity index (χ4v) is 3.23. The lowest BCUT2D eigenvalue weighted by Gasteiger charge is -2.17. The third-order valence-electron chi connectivity index (χ3n) is 4.31. The van der Waals surface area contributed by atoms with Crippen molar-refractivity contribution in [3.05, 3.63) is 108 Å². The minimum Gasteiger partial charge on any atom is -0.293 e. The van der Waals surface area contributed by atoms with E-state index in [0.717, 1.165) is 0 Å². The molecule has 1 fully saturated rings. The van der Waals surface area contributed by atoms with Gasteiger partial charge in [0, 0.05) is 0 Å². The minimum atomic E-state index is -0.0934. The van der Waals surface area contributed by atoms with Crippen molar-refractivity contribution in [1.29, 1.82) is 0 Å². The van der Waals surface area contributed by atoms with Crippen LogP contribution in [0.4, 0.5) is 0 Å². The Morgan fingerprint density at radius 2 is 1.00 bits per heavy atom. The lowest BCUT2D eigenvalue weighted by atomic mass is 9.85. The van der Waals surface area contributed by atoms with Gasteiger partial charge in [-0.15, -0.1) is 0 Å². The number of benzene rings is 3. The van der Waals surface area contributed by atoms with E-state index in [2.05, 4.69) is 96.3 Å². The maximum atomic E-state index is 3.73. The molecule has 21 heavy (non-hydrogen) atoms. The summed E-state index contributed by atoms with van der Waals surface area (Å²) in [7, 11) is 0. The highest BCUT2D eigenvalue weighted by atomic mass is 15.2. The van der Waals surface area contributed by atoms with Crippen LogP contribution >= 0.6 is 0 Å². The third-order valence-corrected chi connectivity index (χ3v) is 4.31. The van der Waals surface area contributed by atoms with Crippen molar-refractivity contribution in [2.24, 2.45) is 0 Å². The fourth-order valence-electron chi connectivity index (χ4n) is 3.23. The van der Waals surface area contributed by atoms with E-state index in [1.807, 2.05) is 0 Å². The van der Waals surface area contributed by atoms with Crippen molar-refractivity contribution in [2.45, 2.75) is 11.6 Å². The zero-order valence-electron chi connectivity index (χ0n) is 11.7. The van der Waals surface area contributed by atoms with Crippen molar-refractivity contribution in [3.63, 3.8) is 0 Å². The first-order valence-corrected chi connectivity index (χ1v) is 7.35. The molecule has 1 atom stereocenters. The van der Waals surface area contributed by atoms with Gasteiger partial charge in [0.1, 0.15) is 0 Å². The summed E-state index contributed by atoms with van der Waals surface area (Å²) in [6.07, 6.45) is 0. The summed E-state index contributed by atoms with van der Waals surface area (Å²) in [5, 5.41) is 3.73. The molecule has 1 saturated heterocycles. The zero-order valence-corrected chi connectivity index (χ0v) is 11.7. The number of rotatable bonds is 3. The lowest BCUT2D eigenvalue weighted by molar-refractivity contribution is 0.787. The minimum absolute atomic E-state index is 0.0934. The molecule has 3 aromatic carbocycles. The molecule has 0 saturated carbocycles. The maximum Gasteiger partial charge on any atom is 0.0894 e. The standard InChI is InChI=1S/C20H17N/c1-4-10-16(11-5-1)19-20(21-19,17-12-6-2-7-13-17)18-14-8-3-9-15-18/h1-15,19,21H. The first-order valence-electron chi connectivity index (χ1n) is 7.35. The molecule has 3 aromatic rings. The van der Waals surface area contributed by atoms with Crippen LogP contribution in [-0.2, 0) is 5.54 Å². The molecule has 4 rings (SSSR count). The molecule has 0 spiro atoms. The van der Waals surface area contributed by atoms with Crippen molar-refractivity contribution in [2.75, 3.05) is 0 Å². The largest absolute Gasteiger partial charge is 0.293 e. The van der Waals surface area contributed by atoms with Gasteiger partial charge < -0.3 is 0 Å². The van der Waals surface area contributed by atoms with E-state index in [0.29, 0.717) is 6.04 Å². The number of hydrogen-bond acceptors (Lipinski definition) is 1. The van der Waals surface area contributed by atoms with Gasteiger partial charge in [-0.3, -0.25) is 5.32 Å². The molecule has 0 aliphatic carbocycles. The van der Waals surface area contributed by atoms with Crippen molar-refractivity contribution in [1.82, 2.24) is 5.32 Å². The summed E-state index contributed by atoms with van der Waals surface area (Å²) >= 11 is 0. The smallest absolute Gasteiger partial charge is 0.0894 e. The molecular weight excluding hydrogens is 254 g/mol. The second-order valence-electron chi connectivity index (χ2n) is 5.53. The fraction of sp³-hybridized carbons (Fsp3) is 0.100. The molecular formula is C20H17N. The van der Waals surface area contributed by atoms with E-state index >= 15 is 0 Å². The van der Waals surface area contributed by atoms with E-state index < -0.39 is 0 Å². The Balaban J connectivity index is 1.83. The Labute approximate surface area is 125 Å². The first-order chi connectivity index (χ1) is 10.4. The van der Waals surface area contributed by atoms with Gasteiger partial charge >= 0.3 is 0 Å². The van der Waals surface area contributed by atoms with Crippen LogP contribution in [0.3, 0.4) is 0 Å². The average Bonchev–Trinajstić information content (AvgIpc) is 3.34. The first kappa shape index (κ1) is 12.4. The van der Waals surface area contributed by atoms with Gasteiger partial charge in [0.2, 0.25) is 0 Å². The molecule has 1 aliphatic heterocycles. The highest BCUT2D eigenvalue weighted by molar-refractivity contribution is 5.50. The Hall–Kier alpha value is -2.38. The second-order valence-corrected chi connectivity index (χ2v) is 5.53. The molecule has 102 valence electrons. The van der Waals surface area contributed by atoms with Gasteiger partial charge in [0.25, 0.3) is 0 Å². The average molecular weight is 271 g/mol. The molecule has 1 nitrogen and oxygen atoms in total. The third kappa shape index (κ3) is 1.98. The molecule has 1 aliphatic rings. The second kappa shape index (κ2) is 4.87. The highest BCUT2D eigenvalue weighted by Gasteiger charge is 2.56. The summed E-state index contributed by atoms with van der Waals surface area (Å²) in [4.78, 5) is 0. The van der Waals surface area contributed by atoms with Crippen molar-refractivity contribution < 1.29 is 0 Å². The van der Waals surface area contributed by atoms with Gasteiger partial charge in [0.05, 0.1) is 11.6 Å². The Morgan fingerprint density at radius 3 is 1.48 bits per heavy atom. The summed E-state index contributed by atoms with van der Waals surface area (Å²) in [6, 6.07) is 32.5. The van der Waals surface area contributed by atoms with E-state index in [4.69, 9.17) is 0 Å². The highest BCUT2D eigenvalue weighted by Crippen LogP contribution is 2.53. The Kier molecular flexibility index (Phi) is 2.87. The van der Waals surface area contributed by atoms with Gasteiger partial charge in [-0.05, 0) is 16.7 Å². The normalized spacial score (nSPS) is 19.1. The van der Waals surface area contributed by atoms with Crippen molar-refractivity contribution in [3.8, 4) is 0 Å². The molecule has 1 heteroatoms. The summed E-state index contributed by atoms with van der Waals surface area (Å²) in [6.45, 7) is 0. The molecule has 0 radical (unpaired) electrons. The predicted molar refractivity (Wildman–Crippen MR) is 86.0 cm³/mol. The lowest BCUT2D eigenvalue weighted by Crippen LogP contribution is -2.15. The van der Waals surface area contributed by atoms with Crippen LogP contribution in [0.25, 0.3) is 0 Å². The van der Waals surface area contributed by atoms with E-state index in [1.54, 1.807) is 0 Å². The van der Waals surface area contributed by atoms with Crippen LogP contribution in [0.5, 0.6) is 0 Å². The van der Waals surface area contributed by atoms with Gasteiger partial charge in [-0.25, -0.2) is 0 Å². The summed E-state index contributed by atoms with van der Waals surface area (Å²) in [5.74, 6) is 0. The SMILES string of the molecule is c1ccc(C2NC2(c2ccccc2)c2ccccc2)cc1. The maximum absolute atomic E-state index is 3.73. The molecule has 1 heterocycles. The van der Waals surface area contributed by atoms with E-state index in [9.17, 15) is 0 Å². The number of hydrogen-bond donors (Lipinski definition) is 1. The van der Waals surface area contributed by atoms with E-state index in [1.165, 1.54) is 16.7 Å². The molecule has 0 bridgehead atoms. The zero-order chi connectivity index (χ0) is 14.1. The molecule has 1 N–H and O–H groups in total. The van der Waals surface area contributed by atoms with Gasteiger partial charge in [-0.2, -0.15) is 0 Å². The van der Waals surface area contributed by atoms with E-state index in [-0.39, 0.29) is 5.54 Å². The van der Waals surface area contributed by atoms with Crippen LogP contribution in [0.15, 0.2) is 91.0 Å². The van der Waals surface area contributed by atoms with Crippen LogP contribution in [0, 0.1) is 0 Å². The predicted octanol–water partition coefficient (Wildman–Crippen LogP) is 4.27. The summed E-state index contributed by atoms with van der Waals surface area (Å²) < 4.78 is 0. The van der Waals surface area contributed by atoms with Gasteiger partial charge in [-0.1, -0.05) is 91.0 Å². The molecule has 1 unspecified atom stereocenters. The Morgan fingerprint density at radius 1 is 0.571 bits per heavy atom. The monoisotopic (exact) mass is 271 g/mol.